The van der Waals surface area contributed by atoms with Crippen LogP contribution in [0.25, 0.3) is 0 Å². The van der Waals surface area contributed by atoms with Gasteiger partial charge >= 0.3 is 0 Å². The lowest BCUT2D eigenvalue weighted by molar-refractivity contribution is -0.111. The molecule has 0 heterocycles. The number of rotatable bonds is 4. The van der Waals surface area contributed by atoms with E-state index in [-0.39, 0.29) is 0 Å². The van der Waals surface area contributed by atoms with E-state index >= 15 is 0 Å². The van der Waals surface area contributed by atoms with Gasteiger partial charge in [-0.25, -0.2) is 0 Å². The molecule has 17 heavy (non-hydrogen) atoms. The summed E-state index contributed by atoms with van der Waals surface area (Å²) < 4.78 is 5.56. The quantitative estimate of drug-likeness (QED) is 0.834. The molecule has 0 bridgehead atoms. The minimum absolute atomic E-state index is 0.473. The average Bonchev–Trinajstić information content (AvgIpc) is 3.12. The molecule has 0 saturated heterocycles. The maximum Gasteiger partial charge on any atom is 0.300 e. The number of terminal acetylenes is 1. The van der Waals surface area contributed by atoms with Gasteiger partial charge in [-0.3, -0.25) is 4.79 Å². The number of ether oxygens (including phenoxy) is 1. The molecule has 1 saturated carbocycles. The smallest absolute Gasteiger partial charge is 0.300 e. The van der Waals surface area contributed by atoms with Crippen molar-refractivity contribution < 1.29 is 9.53 Å². The molecule has 1 N–H and O–H groups in total. The highest BCUT2D eigenvalue weighted by atomic mass is 35.5. The second kappa shape index (κ2) is 5.11. The van der Waals surface area contributed by atoms with Crippen LogP contribution >= 0.6 is 11.6 Å². The number of carbonyl (C=O) groups is 1. The molecule has 1 aromatic carbocycles. The second-order valence-corrected chi connectivity index (χ2v) is 4.41. The standard InChI is InChI=1S/C13H12ClNO2/c1-2-13(16)15-10-5-6-12(11(14)7-10)17-8-9-3-4-9/h1,5-7,9H,3-4,8H2,(H,15,16). The van der Waals surface area contributed by atoms with Crippen molar-refractivity contribution in [1.82, 2.24) is 0 Å². The van der Waals surface area contributed by atoms with E-state index in [9.17, 15) is 4.79 Å². The normalized spacial score (nSPS) is 13.9. The SMILES string of the molecule is C#CC(=O)Nc1ccc(OCC2CC2)c(Cl)c1. The van der Waals surface area contributed by atoms with Gasteiger partial charge in [-0.1, -0.05) is 11.6 Å². The van der Waals surface area contributed by atoms with Crippen LogP contribution in [0, 0.1) is 18.3 Å². The van der Waals surface area contributed by atoms with E-state index in [4.69, 9.17) is 22.8 Å². The third-order valence-electron chi connectivity index (χ3n) is 2.49. The molecule has 1 aliphatic carbocycles. The molecule has 0 aromatic heterocycles. The Morgan fingerprint density at radius 1 is 1.59 bits per heavy atom. The Labute approximate surface area is 105 Å². The van der Waals surface area contributed by atoms with Crippen LogP contribution in [0.4, 0.5) is 5.69 Å². The number of nitrogens with one attached hydrogen (secondary N) is 1. The van der Waals surface area contributed by atoms with Crippen LogP contribution in [0.5, 0.6) is 5.75 Å². The van der Waals surface area contributed by atoms with Crippen molar-refractivity contribution in [3.05, 3.63) is 23.2 Å². The minimum atomic E-state index is -0.493. The van der Waals surface area contributed by atoms with Gasteiger partial charge < -0.3 is 10.1 Å². The van der Waals surface area contributed by atoms with Crippen LogP contribution < -0.4 is 10.1 Å². The van der Waals surface area contributed by atoms with Gasteiger partial charge in [0.25, 0.3) is 5.91 Å². The summed E-state index contributed by atoms with van der Waals surface area (Å²) >= 11 is 6.03. The number of halogens is 1. The molecule has 2 rings (SSSR count). The number of anilines is 1. The summed E-state index contributed by atoms with van der Waals surface area (Å²) in [6.07, 6.45) is 7.42. The zero-order valence-corrected chi connectivity index (χ0v) is 9.96. The summed E-state index contributed by atoms with van der Waals surface area (Å²) in [5.74, 6) is 2.79. The van der Waals surface area contributed by atoms with Gasteiger partial charge in [0.15, 0.2) is 0 Å². The van der Waals surface area contributed by atoms with Crippen molar-refractivity contribution in [3.8, 4) is 18.1 Å². The maximum atomic E-state index is 11.0. The van der Waals surface area contributed by atoms with Crippen molar-refractivity contribution in [1.29, 1.82) is 0 Å². The molecule has 3 nitrogen and oxygen atoms in total. The molecule has 88 valence electrons. The molecule has 0 unspecified atom stereocenters. The molecule has 1 aliphatic rings. The van der Waals surface area contributed by atoms with Crippen LogP contribution in [-0.4, -0.2) is 12.5 Å². The highest BCUT2D eigenvalue weighted by Crippen LogP contribution is 2.32. The number of hydrogen-bond donors (Lipinski definition) is 1. The summed E-state index contributed by atoms with van der Waals surface area (Å²) in [7, 11) is 0. The minimum Gasteiger partial charge on any atom is -0.492 e. The summed E-state index contributed by atoms with van der Waals surface area (Å²) in [4.78, 5) is 11.0. The molecule has 0 atom stereocenters. The van der Waals surface area contributed by atoms with E-state index in [1.54, 1.807) is 18.2 Å². The predicted octanol–water partition coefficient (Wildman–Crippen LogP) is 2.70. The van der Waals surface area contributed by atoms with Crippen LogP contribution in [0.2, 0.25) is 5.02 Å². The summed E-state index contributed by atoms with van der Waals surface area (Å²) in [5.41, 5.74) is 0.566. The van der Waals surface area contributed by atoms with E-state index in [1.807, 2.05) is 5.92 Å². The van der Waals surface area contributed by atoms with Gasteiger partial charge in [-0.05, 0) is 42.9 Å². The highest BCUT2D eigenvalue weighted by molar-refractivity contribution is 6.32. The van der Waals surface area contributed by atoms with Crippen LogP contribution in [-0.2, 0) is 4.79 Å². The zero-order chi connectivity index (χ0) is 12.3. The Balaban J connectivity index is 2.00. The zero-order valence-electron chi connectivity index (χ0n) is 9.20. The van der Waals surface area contributed by atoms with Crippen molar-refractivity contribution in [2.45, 2.75) is 12.8 Å². The fraction of sp³-hybridized carbons (Fsp3) is 0.308. The molecular formula is C13H12ClNO2. The van der Waals surface area contributed by atoms with Crippen LogP contribution in [0.1, 0.15) is 12.8 Å². The summed E-state index contributed by atoms with van der Waals surface area (Å²) in [6, 6.07) is 5.07. The molecule has 0 spiro atoms. The maximum absolute atomic E-state index is 11.0. The fourth-order valence-electron chi connectivity index (χ4n) is 1.35. The summed E-state index contributed by atoms with van der Waals surface area (Å²) in [6.45, 7) is 0.704. The topological polar surface area (TPSA) is 38.3 Å². The fourth-order valence-corrected chi connectivity index (χ4v) is 1.59. The van der Waals surface area contributed by atoms with Crippen LogP contribution in [0.15, 0.2) is 18.2 Å². The van der Waals surface area contributed by atoms with Crippen LogP contribution in [0.3, 0.4) is 0 Å². The van der Waals surface area contributed by atoms with Gasteiger partial charge in [-0.15, -0.1) is 6.42 Å². The molecule has 0 radical (unpaired) electrons. The Bertz CT molecular complexity index is 475. The lowest BCUT2D eigenvalue weighted by Gasteiger charge is -2.09. The average molecular weight is 250 g/mol. The Hall–Kier alpha value is -1.66. The van der Waals surface area contributed by atoms with E-state index in [0.29, 0.717) is 29.0 Å². The lowest BCUT2D eigenvalue weighted by Crippen LogP contribution is -2.08. The Kier molecular flexibility index (Phi) is 3.55. The molecule has 1 fully saturated rings. The molecule has 0 aliphatic heterocycles. The van der Waals surface area contributed by atoms with E-state index in [1.165, 1.54) is 12.8 Å². The summed E-state index contributed by atoms with van der Waals surface area (Å²) in [5, 5.41) is 2.99. The first-order valence-corrected chi connectivity index (χ1v) is 5.77. The Morgan fingerprint density at radius 2 is 2.35 bits per heavy atom. The van der Waals surface area contributed by atoms with Crippen molar-refractivity contribution in [2.24, 2.45) is 5.92 Å². The third kappa shape index (κ3) is 3.40. The predicted molar refractivity (Wildman–Crippen MR) is 67.1 cm³/mol. The van der Waals surface area contributed by atoms with Crippen molar-refractivity contribution in [3.63, 3.8) is 0 Å². The molecular weight excluding hydrogens is 238 g/mol. The van der Waals surface area contributed by atoms with E-state index in [2.05, 4.69) is 5.32 Å². The van der Waals surface area contributed by atoms with Gasteiger partial charge in [0.05, 0.1) is 11.6 Å². The number of carbonyl (C=O) groups excluding carboxylic acids is 1. The Morgan fingerprint density at radius 3 is 2.94 bits per heavy atom. The largest absolute Gasteiger partial charge is 0.492 e. The monoisotopic (exact) mass is 249 g/mol. The molecule has 1 aromatic rings. The van der Waals surface area contributed by atoms with Crippen molar-refractivity contribution in [2.75, 3.05) is 11.9 Å². The number of amides is 1. The van der Waals surface area contributed by atoms with Gasteiger partial charge in [0.1, 0.15) is 5.75 Å². The van der Waals surface area contributed by atoms with E-state index < -0.39 is 5.91 Å². The first kappa shape index (κ1) is 11.8. The van der Waals surface area contributed by atoms with E-state index in [0.717, 1.165) is 0 Å². The first-order chi connectivity index (χ1) is 8.19. The number of hydrogen-bond acceptors (Lipinski definition) is 2. The molecule has 1 amide bonds. The molecule has 4 heteroatoms. The van der Waals surface area contributed by atoms with Crippen molar-refractivity contribution >= 4 is 23.2 Å². The van der Waals surface area contributed by atoms with Gasteiger partial charge in [-0.2, -0.15) is 0 Å². The third-order valence-corrected chi connectivity index (χ3v) is 2.79. The highest BCUT2D eigenvalue weighted by Gasteiger charge is 2.22. The lowest BCUT2D eigenvalue weighted by atomic mass is 10.3. The van der Waals surface area contributed by atoms with Gasteiger partial charge in [0, 0.05) is 5.69 Å². The van der Waals surface area contributed by atoms with Gasteiger partial charge in [0.2, 0.25) is 0 Å². The number of benzene rings is 1. The first-order valence-electron chi connectivity index (χ1n) is 5.39. The second-order valence-electron chi connectivity index (χ2n) is 4.00.